The number of aryl methyl sites for hydroxylation is 1. The molecule has 132 valence electrons. The molecule has 2 aliphatic heterocycles. The zero-order valence-corrected chi connectivity index (χ0v) is 14.7. The Morgan fingerprint density at radius 1 is 1.00 bits per heavy atom. The number of nitrogens with zero attached hydrogens (tertiary/aromatic N) is 6. The molecule has 2 aliphatic rings. The zero-order valence-electron chi connectivity index (χ0n) is 14.7. The molecule has 3 heterocycles. The smallest absolute Gasteiger partial charge is 0.229 e. The standard InChI is InChI=1S/C17H22N6O2/c1-12-13(2)19-20-17(14(12)11-18)22-8-5-21(6-9-22)7-10-23-15(24)3-4-16(23)25/h3-10H2,1-2H3. The second kappa shape index (κ2) is 7.15. The van der Waals surface area contributed by atoms with E-state index in [0.717, 1.165) is 37.4 Å². The Hall–Kier alpha value is -2.53. The topological polar surface area (TPSA) is 93.4 Å². The molecule has 0 atom stereocenters. The van der Waals surface area contributed by atoms with E-state index in [0.29, 0.717) is 37.3 Å². The number of anilines is 1. The van der Waals surface area contributed by atoms with Crippen molar-refractivity contribution in [3.05, 3.63) is 16.8 Å². The highest BCUT2D eigenvalue weighted by molar-refractivity contribution is 6.01. The van der Waals surface area contributed by atoms with Crippen LogP contribution in [-0.4, -0.2) is 71.1 Å². The molecule has 0 unspecified atom stereocenters. The molecule has 1 aromatic rings. The lowest BCUT2D eigenvalue weighted by Crippen LogP contribution is -2.49. The average molecular weight is 342 g/mol. The van der Waals surface area contributed by atoms with Crippen LogP contribution in [0.4, 0.5) is 5.82 Å². The quantitative estimate of drug-likeness (QED) is 0.723. The van der Waals surface area contributed by atoms with Crippen LogP contribution in [0.5, 0.6) is 0 Å². The lowest BCUT2D eigenvalue weighted by molar-refractivity contribution is -0.138. The summed E-state index contributed by atoms with van der Waals surface area (Å²) in [6.07, 6.45) is 0.685. The number of nitriles is 1. The van der Waals surface area contributed by atoms with Gasteiger partial charge in [-0.1, -0.05) is 0 Å². The molecule has 2 fully saturated rings. The van der Waals surface area contributed by atoms with Crippen LogP contribution in [0.3, 0.4) is 0 Å². The molecule has 8 heteroatoms. The van der Waals surface area contributed by atoms with E-state index in [1.807, 2.05) is 13.8 Å². The maximum atomic E-state index is 11.7. The maximum absolute atomic E-state index is 11.7. The van der Waals surface area contributed by atoms with E-state index in [1.165, 1.54) is 4.90 Å². The van der Waals surface area contributed by atoms with E-state index >= 15 is 0 Å². The van der Waals surface area contributed by atoms with E-state index < -0.39 is 0 Å². The summed E-state index contributed by atoms with van der Waals surface area (Å²) in [5.74, 6) is 0.524. The normalized spacial score (nSPS) is 18.8. The first-order valence-electron chi connectivity index (χ1n) is 8.55. The fourth-order valence-corrected chi connectivity index (χ4v) is 3.25. The number of piperazine rings is 1. The number of carbonyl (C=O) groups excluding carboxylic acids is 2. The highest BCUT2D eigenvalue weighted by Crippen LogP contribution is 2.22. The van der Waals surface area contributed by atoms with Gasteiger partial charge in [0.1, 0.15) is 11.6 Å². The molecule has 2 amide bonds. The molecule has 0 spiro atoms. The van der Waals surface area contributed by atoms with Gasteiger partial charge in [0, 0.05) is 52.1 Å². The van der Waals surface area contributed by atoms with Crippen molar-refractivity contribution in [3.8, 4) is 6.07 Å². The summed E-state index contributed by atoms with van der Waals surface area (Å²) < 4.78 is 0. The highest BCUT2D eigenvalue weighted by Gasteiger charge is 2.29. The van der Waals surface area contributed by atoms with E-state index in [4.69, 9.17) is 0 Å². The second-order valence-corrected chi connectivity index (χ2v) is 6.49. The van der Waals surface area contributed by atoms with E-state index in [2.05, 4.69) is 26.1 Å². The van der Waals surface area contributed by atoms with Crippen LogP contribution in [0.15, 0.2) is 0 Å². The number of rotatable bonds is 4. The number of carbonyl (C=O) groups is 2. The van der Waals surface area contributed by atoms with Gasteiger partial charge < -0.3 is 4.90 Å². The van der Waals surface area contributed by atoms with Crippen LogP contribution >= 0.6 is 0 Å². The largest absolute Gasteiger partial charge is 0.351 e. The monoisotopic (exact) mass is 342 g/mol. The Balaban J connectivity index is 1.58. The molecule has 0 N–H and O–H groups in total. The zero-order chi connectivity index (χ0) is 18.0. The number of hydrogen-bond donors (Lipinski definition) is 0. The third kappa shape index (κ3) is 3.46. The lowest BCUT2D eigenvalue weighted by Gasteiger charge is -2.36. The first-order valence-corrected chi connectivity index (χ1v) is 8.55. The minimum atomic E-state index is -0.0623. The highest BCUT2D eigenvalue weighted by atomic mass is 16.2. The average Bonchev–Trinajstić information content (AvgIpc) is 2.94. The molecule has 1 aromatic heterocycles. The van der Waals surface area contributed by atoms with E-state index in [-0.39, 0.29) is 11.8 Å². The van der Waals surface area contributed by atoms with Crippen LogP contribution < -0.4 is 4.90 Å². The number of imide groups is 1. The van der Waals surface area contributed by atoms with Crippen LogP contribution in [0.1, 0.15) is 29.7 Å². The van der Waals surface area contributed by atoms with Crippen molar-refractivity contribution in [2.45, 2.75) is 26.7 Å². The molecule has 0 bridgehead atoms. The molecule has 8 nitrogen and oxygen atoms in total. The molecular formula is C17H22N6O2. The SMILES string of the molecule is Cc1nnc(N2CCN(CCN3C(=O)CCC3=O)CC2)c(C#N)c1C. The van der Waals surface area contributed by atoms with Gasteiger partial charge in [0.25, 0.3) is 0 Å². The van der Waals surface area contributed by atoms with Crippen molar-refractivity contribution < 1.29 is 9.59 Å². The first-order chi connectivity index (χ1) is 12.0. The molecular weight excluding hydrogens is 320 g/mol. The van der Waals surface area contributed by atoms with Crippen LogP contribution in [0.25, 0.3) is 0 Å². The summed E-state index contributed by atoms with van der Waals surface area (Å²) in [7, 11) is 0. The summed E-state index contributed by atoms with van der Waals surface area (Å²) in [6.45, 7) is 7.99. The summed E-state index contributed by atoms with van der Waals surface area (Å²) in [4.78, 5) is 29.0. The van der Waals surface area contributed by atoms with Gasteiger partial charge in [0.15, 0.2) is 5.82 Å². The summed E-state index contributed by atoms with van der Waals surface area (Å²) in [6, 6.07) is 2.25. The van der Waals surface area contributed by atoms with Crippen molar-refractivity contribution in [3.63, 3.8) is 0 Å². The molecule has 0 radical (unpaired) electrons. The Kier molecular flexibility index (Phi) is 4.95. The predicted octanol–water partition coefficient (Wildman–Crippen LogP) is 0.236. The van der Waals surface area contributed by atoms with Crippen molar-refractivity contribution >= 4 is 17.6 Å². The van der Waals surface area contributed by atoms with Crippen molar-refractivity contribution in [2.75, 3.05) is 44.2 Å². The van der Waals surface area contributed by atoms with Gasteiger partial charge in [-0.3, -0.25) is 19.4 Å². The fourth-order valence-electron chi connectivity index (χ4n) is 3.25. The Morgan fingerprint density at radius 2 is 1.64 bits per heavy atom. The first kappa shape index (κ1) is 17.3. The van der Waals surface area contributed by atoms with Gasteiger partial charge in [0.2, 0.25) is 11.8 Å². The van der Waals surface area contributed by atoms with Gasteiger partial charge in [-0.25, -0.2) is 0 Å². The van der Waals surface area contributed by atoms with Crippen molar-refractivity contribution in [1.29, 1.82) is 5.26 Å². The number of likely N-dealkylation sites (tertiary alicyclic amines) is 1. The number of aromatic nitrogens is 2. The molecule has 3 rings (SSSR count). The minimum Gasteiger partial charge on any atom is -0.351 e. The van der Waals surface area contributed by atoms with Gasteiger partial charge >= 0.3 is 0 Å². The third-order valence-electron chi connectivity index (χ3n) is 5.01. The molecule has 0 aromatic carbocycles. The Morgan fingerprint density at radius 3 is 2.24 bits per heavy atom. The van der Waals surface area contributed by atoms with Crippen LogP contribution in [0.2, 0.25) is 0 Å². The maximum Gasteiger partial charge on any atom is 0.229 e. The van der Waals surface area contributed by atoms with Crippen molar-refractivity contribution in [1.82, 2.24) is 20.0 Å². The lowest BCUT2D eigenvalue weighted by atomic mass is 10.1. The van der Waals surface area contributed by atoms with E-state index in [1.54, 1.807) is 0 Å². The van der Waals surface area contributed by atoms with Gasteiger partial charge in [0.05, 0.1) is 5.69 Å². The number of hydrogen-bond acceptors (Lipinski definition) is 7. The summed E-state index contributed by atoms with van der Waals surface area (Å²) in [5, 5.41) is 17.8. The molecule has 0 saturated carbocycles. The number of amides is 2. The summed E-state index contributed by atoms with van der Waals surface area (Å²) >= 11 is 0. The summed E-state index contributed by atoms with van der Waals surface area (Å²) in [5.41, 5.74) is 2.24. The molecule has 2 saturated heterocycles. The van der Waals surface area contributed by atoms with Crippen LogP contribution in [0, 0.1) is 25.2 Å². The fraction of sp³-hybridized carbons (Fsp3) is 0.588. The minimum absolute atomic E-state index is 0.0623. The van der Waals surface area contributed by atoms with E-state index in [9.17, 15) is 14.9 Å². The molecule has 0 aliphatic carbocycles. The Bertz CT molecular complexity index is 717. The van der Waals surface area contributed by atoms with Crippen LogP contribution in [-0.2, 0) is 9.59 Å². The van der Waals surface area contributed by atoms with Gasteiger partial charge in [-0.15, -0.1) is 5.10 Å². The second-order valence-electron chi connectivity index (χ2n) is 6.49. The van der Waals surface area contributed by atoms with Gasteiger partial charge in [-0.2, -0.15) is 10.4 Å². The van der Waals surface area contributed by atoms with Crippen molar-refractivity contribution in [2.24, 2.45) is 0 Å². The Labute approximate surface area is 147 Å². The molecule has 25 heavy (non-hydrogen) atoms. The third-order valence-corrected chi connectivity index (χ3v) is 5.01. The van der Waals surface area contributed by atoms with Gasteiger partial charge in [-0.05, 0) is 19.4 Å². The predicted molar refractivity (Wildman–Crippen MR) is 90.8 cm³/mol.